The fourth-order valence-electron chi connectivity index (χ4n) is 2.93. The van der Waals surface area contributed by atoms with E-state index in [2.05, 4.69) is 20.1 Å². The molecule has 1 N–H and O–H groups in total. The van der Waals surface area contributed by atoms with Gasteiger partial charge < -0.3 is 9.88 Å². The number of carbonyl (C=O) groups is 1. The number of nitro benzene ring substituents is 1. The van der Waals surface area contributed by atoms with Crippen molar-refractivity contribution in [2.24, 2.45) is 0 Å². The van der Waals surface area contributed by atoms with Gasteiger partial charge in [0.2, 0.25) is 5.91 Å². The SMILES string of the molecule is O=C(Cc1ccccc1[N+](=O)[O-])NCc1nnc2n1CCCCC2. The molecule has 1 aliphatic heterocycles. The number of amides is 1. The summed E-state index contributed by atoms with van der Waals surface area (Å²) < 4.78 is 2.07. The van der Waals surface area contributed by atoms with Crippen LogP contribution < -0.4 is 5.32 Å². The van der Waals surface area contributed by atoms with Crippen LogP contribution in [0.4, 0.5) is 5.69 Å². The molecule has 2 heterocycles. The van der Waals surface area contributed by atoms with E-state index in [0.717, 1.165) is 37.5 Å². The van der Waals surface area contributed by atoms with E-state index in [1.807, 2.05) is 0 Å². The van der Waals surface area contributed by atoms with Crippen LogP contribution in [0.15, 0.2) is 24.3 Å². The third-order valence-electron chi connectivity index (χ3n) is 4.17. The quantitative estimate of drug-likeness (QED) is 0.665. The van der Waals surface area contributed by atoms with Crippen molar-refractivity contribution in [1.29, 1.82) is 0 Å². The average molecular weight is 329 g/mol. The topological polar surface area (TPSA) is 103 Å². The van der Waals surface area contributed by atoms with E-state index in [1.54, 1.807) is 18.2 Å². The minimum Gasteiger partial charge on any atom is -0.349 e. The van der Waals surface area contributed by atoms with Crippen LogP contribution in [0.25, 0.3) is 0 Å². The third-order valence-corrected chi connectivity index (χ3v) is 4.17. The molecule has 0 bridgehead atoms. The first-order valence-electron chi connectivity index (χ1n) is 8.05. The predicted octanol–water partition coefficient (Wildman–Crippen LogP) is 1.77. The number of benzene rings is 1. The molecule has 1 amide bonds. The summed E-state index contributed by atoms with van der Waals surface area (Å²) in [5, 5.41) is 22.1. The Hall–Kier alpha value is -2.77. The fraction of sp³-hybridized carbons (Fsp3) is 0.438. The Balaban J connectivity index is 1.63. The number of nitro groups is 1. The minimum absolute atomic E-state index is 0.0296. The molecule has 3 rings (SSSR count). The van der Waals surface area contributed by atoms with Crippen molar-refractivity contribution >= 4 is 11.6 Å². The van der Waals surface area contributed by atoms with Crippen molar-refractivity contribution < 1.29 is 9.72 Å². The molecule has 0 atom stereocenters. The highest BCUT2D eigenvalue weighted by Crippen LogP contribution is 2.18. The fourth-order valence-corrected chi connectivity index (χ4v) is 2.93. The third kappa shape index (κ3) is 3.58. The van der Waals surface area contributed by atoms with Gasteiger partial charge in [0, 0.05) is 24.6 Å². The summed E-state index contributed by atoms with van der Waals surface area (Å²) in [4.78, 5) is 22.6. The number of aromatic nitrogens is 3. The van der Waals surface area contributed by atoms with E-state index in [-0.39, 0.29) is 24.6 Å². The molecule has 8 nitrogen and oxygen atoms in total. The van der Waals surface area contributed by atoms with Crippen molar-refractivity contribution in [2.45, 2.75) is 45.2 Å². The van der Waals surface area contributed by atoms with E-state index >= 15 is 0 Å². The summed E-state index contributed by atoms with van der Waals surface area (Å²) in [5.41, 5.74) is 0.365. The van der Waals surface area contributed by atoms with Gasteiger partial charge in [-0.1, -0.05) is 24.6 Å². The summed E-state index contributed by atoms with van der Waals surface area (Å²) in [6.45, 7) is 1.16. The maximum absolute atomic E-state index is 12.1. The lowest BCUT2D eigenvalue weighted by Crippen LogP contribution is -2.26. The highest BCUT2D eigenvalue weighted by atomic mass is 16.6. The van der Waals surface area contributed by atoms with Crippen molar-refractivity contribution in [3.8, 4) is 0 Å². The monoisotopic (exact) mass is 329 g/mol. The van der Waals surface area contributed by atoms with Gasteiger partial charge in [-0.05, 0) is 12.8 Å². The number of carbonyl (C=O) groups excluding carboxylic acids is 1. The second kappa shape index (κ2) is 7.20. The zero-order valence-electron chi connectivity index (χ0n) is 13.3. The highest BCUT2D eigenvalue weighted by Gasteiger charge is 2.17. The number of nitrogens with one attached hydrogen (secondary N) is 1. The molecule has 0 saturated carbocycles. The van der Waals surface area contributed by atoms with E-state index in [0.29, 0.717) is 5.56 Å². The first kappa shape index (κ1) is 16.1. The summed E-state index contributed by atoms with van der Waals surface area (Å²) in [7, 11) is 0. The van der Waals surface area contributed by atoms with Crippen LogP contribution in [0.2, 0.25) is 0 Å². The average Bonchev–Trinajstić information content (AvgIpc) is 2.80. The summed E-state index contributed by atoms with van der Waals surface area (Å²) in [6, 6.07) is 6.28. The van der Waals surface area contributed by atoms with E-state index in [4.69, 9.17) is 0 Å². The second-order valence-corrected chi connectivity index (χ2v) is 5.83. The molecular formula is C16H19N5O3. The molecule has 24 heavy (non-hydrogen) atoms. The van der Waals surface area contributed by atoms with Crippen LogP contribution in [-0.2, 0) is 30.7 Å². The number of aryl methyl sites for hydroxylation is 1. The number of fused-ring (bicyclic) bond motifs is 1. The molecule has 0 saturated heterocycles. The van der Waals surface area contributed by atoms with Crippen LogP contribution in [0.5, 0.6) is 0 Å². The lowest BCUT2D eigenvalue weighted by atomic mass is 10.1. The Morgan fingerprint density at radius 3 is 2.92 bits per heavy atom. The molecule has 8 heteroatoms. The Morgan fingerprint density at radius 2 is 2.08 bits per heavy atom. The van der Waals surface area contributed by atoms with Gasteiger partial charge >= 0.3 is 0 Å². The maximum Gasteiger partial charge on any atom is 0.273 e. The number of hydrogen-bond acceptors (Lipinski definition) is 5. The first-order valence-corrected chi connectivity index (χ1v) is 8.05. The standard InChI is InChI=1S/C16H19N5O3/c22-16(10-12-6-3-4-7-13(12)21(23)24)17-11-15-19-18-14-8-2-1-5-9-20(14)15/h3-4,6-7H,1-2,5,8-11H2,(H,17,22). The molecular weight excluding hydrogens is 310 g/mol. The molecule has 0 unspecified atom stereocenters. The van der Waals surface area contributed by atoms with Gasteiger partial charge in [-0.25, -0.2) is 0 Å². The van der Waals surface area contributed by atoms with Gasteiger partial charge in [0.1, 0.15) is 5.82 Å². The number of rotatable bonds is 5. The lowest BCUT2D eigenvalue weighted by molar-refractivity contribution is -0.385. The van der Waals surface area contributed by atoms with Crippen molar-refractivity contribution in [1.82, 2.24) is 20.1 Å². The minimum atomic E-state index is -0.471. The van der Waals surface area contributed by atoms with Gasteiger partial charge in [-0.3, -0.25) is 14.9 Å². The number of para-hydroxylation sites is 1. The number of hydrogen-bond donors (Lipinski definition) is 1. The summed E-state index contributed by atoms with van der Waals surface area (Å²) >= 11 is 0. The van der Waals surface area contributed by atoms with Crippen molar-refractivity contribution in [2.75, 3.05) is 0 Å². The largest absolute Gasteiger partial charge is 0.349 e. The molecule has 0 fully saturated rings. The molecule has 2 aromatic rings. The van der Waals surface area contributed by atoms with Crippen LogP contribution in [0, 0.1) is 10.1 Å². The second-order valence-electron chi connectivity index (χ2n) is 5.83. The van der Waals surface area contributed by atoms with Crippen LogP contribution in [0.3, 0.4) is 0 Å². The van der Waals surface area contributed by atoms with E-state index < -0.39 is 4.92 Å². The molecule has 0 radical (unpaired) electrons. The van der Waals surface area contributed by atoms with Crippen molar-refractivity contribution in [3.05, 3.63) is 51.6 Å². The highest BCUT2D eigenvalue weighted by molar-refractivity contribution is 5.79. The first-order chi connectivity index (χ1) is 11.6. The summed E-state index contributed by atoms with van der Waals surface area (Å²) in [5.74, 6) is 1.44. The molecule has 0 aliphatic carbocycles. The van der Waals surface area contributed by atoms with Gasteiger partial charge in [0.15, 0.2) is 5.82 Å². The predicted molar refractivity (Wildman–Crippen MR) is 86.2 cm³/mol. The Morgan fingerprint density at radius 1 is 1.25 bits per heavy atom. The normalized spacial score (nSPS) is 13.8. The zero-order valence-corrected chi connectivity index (χ0v) is 13.3. The number of nitrogens with zero attached hydrogens (tertiary/aromatic N) is 4. The molecule has 1 aromatic carbocycles. The van der Waals surface area contributed by atoms with E-state index in [1.165, 1.54) is 12.5 Å². The van der Waals surface area contributed by atoms with Crippen LogP contribution >= 0.6 is 0 Å². The van der Waals surface area contributed by atoms with Gasteiger partial charge in [0.05, 0.1) is 17.9 Å². The molecule has 126 valence electrons. The van der Waals surface area contributed by atoms with Gasteiger partial charge in [0.25, 0.3) is 5.69 Å². The lowest BCUT2D eigenvalue weighted by Gasteiger charge is -2.08. The van der Waals surface area contributed by atoms with E-state index in [9.17, 15) is 14.9 Å². The van der Waals surface area contributed by atoms with Crippen LogP contribution in [-0.4, -0.2) is 25.6 Å². The smallest absolute Gasteiger partial charge is 0.273 e. The Labute approximate surface area is 139 Å². The van der Waals surface area contributed by atoms with Gasteiger partial charge in [-0.15, -0.1) is 10.2 Å². The Kier molecular flexibility index (Phi) is 4.83. The Bertz CT molecular complexity index is 756. The maximum atomic E-state index is 12.1. The van der Waals surface area contributed by atoms with Crippen LogP contribution in [0.1, 0.15) is 36.5 Å². The zero-order chi connectivity index (χ0) is 16.9. The molecule has 1 aliphatic rings. The summed E-state index contributed by atoms with van der Waals surface area (Å²) in [6.07, 6.45) is 4.26. The van der Waals surface area contributed by atoms with Gasteiger partial charge in [-0.2, -0.15) is 0 Å². The molecule has 1 aromatic heterocycles. The molecule has 0 spiro atoms. The van der Waals surface area contributed by atoms with Crippen molar-refractivity contribution in [3.63, 3.8) is 0 Å².